The molecule has 0 aliphatic carbocycles. The minimum Gasteiger partial charge on any atom is -0.489 e. The molecule has 0 saturated heterocycles. The van der Waals surface area contributed by atoms with E-state index in [1.165, 1.54) is 0 Å². The molecule has 0 aliphatic heterocycles. The van der Waals surface area contributed by atoms with Crippen molar-refractivity contribution < 1.29 is 9.53 Å². The van der Waals surface area contributed by atoms with Crippen molar-refractivity contribution in [2.24, 2.45) is 11.3 Å². The zero-order chi connectivity index (χ0) is 13.1. The number of carbonyl (C=O) groups is 1. The van der Waals surface area contributed by atoms with E-state index in [9.17, 15) is 4.79 Å². The summed E-state index contributed by atoms with van der Waals surface area (Å²) in [5.41, 5.74) is 1.32. The van der Waals surface area contributed by atoms with Crippen LogP contribution >= 0.6 is 23.2 Å². The fourth-order valence-corrected chi connectivity index (χ4v) is 1.64. The Morgan fingerprint density at radius 3 is 2.41 bits per heavy atom. The van der Waals surface area contributed by atoms with Crippen LogP contribution in [0.15, 0.2) is 18.2 Å². The SMILES string of the molecule is CC(C)(COc1c(Cl)cccc1Cl)C(=O)NN. The molecule has 3 N–H and O–H groups in total. The van der Waals surface area contributed by atoms with E-state index in [2.05, 4.69) is 5.43 Å². The van der Waals surface area contributed by atoms with Gasteiger partial charge < -0.3 is 4.74 Å². The minimum absolute atomic E-state index is 0.124. The van der Waals surface area contributed by atoms with Gasteiger partial charge in [0.05, 0.1) is 15.5 Å². The maximum Gasteiger partial charge on any atom is 0.242 e. The Morgan fingerprint density at radius 2 is 1.94 bits per heavy atom. The van der Waals surface area contributed by atoms with Crippen molar-refractivity contribution in [2.45, 2.75) is 13.8 Å². The van der Waals surface area contributed by atoms with Crippen LogP contribution in [-0.4, -0.2) is 12.5 Å². The molecule has 1 aromatic carbocycles. The van der Waals surface area contributed by atoms with Gasteiger partial charge in [-0.15, -0.1) is 0 Å². The Morgan fingerprint density at radius 1 is 1.41 bits per heavy atom. The molecule has 0 heterocycles. The van der Waals surface area contributed by atoms with Gasteiger partial charge in [-0.05, 0) is 26.0 Å². The molecular formula is C11H14Cl2N2O2. The molecule has 0 radical (unpaired) electrons. The summed E-state index contributed by atoms with van der Waals surface area (Å²) in [6.07, 6.45) is 0. The Balaban J connectivity index is 2.77. The number of rotatable bonds is 4. The van der Waals surface area contributed by atoms with Crippen molar-refractivity contribution in [1.82, 2.24) is 5.43 Å². The van der Waals surface area contributed by atoms with Gasteiger partial charge in [0.15, 0.2) is 5.75 Å². The first-order valence-corrected chi connectivity index (χ1v) is 5.72. The Hall–Kier alpha value is -0.970. The average molecular weight is 277 g/mol. The van der Waals surface area contributed by atoms with Crippen LogP contribution in [0.1, 0.15) is 13.8 Å². The van der Waals surface area contributed by atoms with Crippen LogP contribution in [0.5, 0.6) is 5.75 Å². The summed E-state index contributed by atoms with van der Waals surface area (Å²) < 4.78 is 5.48. The Kier molecular flexibility index (Phi) is 4.62. The van der Waals surface area contributed by atoms with Crippen LogP contribution in [-0.2, 0) is 4.79 Å². The summed E-state index contributed by atoms with van der Waals surface area (Å²) in [6, 6.07) is 5.05. The van der Waals surface area contributed by atoms with Crippen molar-refractivity contribution >= 4 is 29.1 Å². The van der Waals surface area contributed by atoms with Gasteiger partial charge >= 0.3 is 0 Å². The number of amides is 1. The summed E-state index contributed by atoms with van der Waals surface area (Å²) >= 11 is 11.9. The number of benzene rings is 1. The van der Waals surface area contributed by atoms with Crippen LogP contribution in [0.3, 0.4) is 0 Å². The lowest BCUT2D eigenvalue weighted by Crippen LogP contribution is -2.44. The molecule has 1 amide bonds. The highest BCUT2D eigenvalue weighted by molar-refractivity contribution is 6.37. The van der Waals surface area contributed by atoms with Gasteiger partial charge in [0.1, 0.15) is 6.61 Å². The van der Waals surface area contributed by atoms with Crippen molar-refractivity contribution in [1.29, 1.82) is 0 Å². The number of hydrogen-bond donors (Lipinski definition) is 2. The maximum absolute atomic E-state index is 11.4. The van der Waals surface area contributed by atoms with Crippen LogP contribution in [0.2, 0.25) is 10.0 Å². The quantitative estimate of drug-likeness (QED) is 0.504. The molecule has 0 saturated carbocycles. The Bertz CT molecular complexity index is 402. The van der Waals surface area contributed by atoms with E-state index in [1.54, 1.807) is 32.0 Å². The molecule has 0 fully saturated rings. The number of para-hydroxylation sites is 1. The zero-order valence-corrected chi connectivity index (χ0v) is 11.1. The van der Waals surface area contributed by atoms with Crippen LogP contribution in [0, 0.1) is 5.41 Å². The summed E-state index contributed by atoms with van der Waals surface area (Å²) in [6.45, 7) is 3.54. The molecule has 0 bridgehead atoms. The smallest absolute Gasteiger partial charge is 0.242 e. The van der Waals surface area contributed by atoms with E-state index < -0.39 is 5.41 Å². The van der Waals surface area contributed by atoms with E-state index in [1.807, 2.05) is 0 Å². The minimum atomic E-state index is -0.767. The van der Waals surface area contributed by atoms with Crippen molar-refractivity contribution in [2.75, 3.05) is 6.61 Å². The van der Waals surface area contributed by atoms with E-state index in [4.69, 9.17) is 33.8 Å². The maximum atomic E-state index is 11.4. The van der Waals surface area contributed by atoms with Crippen LogP contribution in [0.25, 0.3) is 0 Å². The second-order valence-corrected chi connectivity index (χ2v) is 5.01. The molecule has 17 heavy (non-hydrogen) atoms. The van der Waals surface area contributed by atoms with Crippen molar-refractivity contribution in [3.63, 3.8) is 0 Å². The summed E-state index contributed by atoms with van der Waals surface area (Å²) in [7, 11) is 0. The number of hydrogen-bond acceptors (Lipinski definition) is 3. The molecular weight excluding hydrogens is 263 g/mol. The predicted molar refractivity (Wildman–Crippen MR) is 68.1 cm³/mol. The molecule has 0 atom stereocenters. The number of nitrogens with two attached hydrogens (primary N) is 1. The standard InChI is InChI=1S/C11H14Cl2N2O2/c1-11(2,10(16)15-14)6-17-9-7(12)4-3-5-8(9)13/h3-5H,6,14H2,1-2H3,(H,15,16). The van der Waals surface area contributed by atoms with Gasteiger partial charge in [-0.1, -0.05) is 29.3 Å². The fourth-order valence-electron chi connectivity index (χ4n) is 1.13. The van der Waals surface area contributed by atoms with Gasteiger partial charge in [-0.3, -0.25) is 10.2 Å². The molecule has 0 unspecified atom stereocenters. The molecule has 0 spiro atoms. The lowest BCUT2D eigenvalue weighted by molar-refractivity contribution is -0.130. The highest BCUT2D eigenvalue weighted by Gasteiger charge is 2.28. The largest absolute Gasteiger partial charge is 0.489 e. The van der Waals surface area contributed by atoms with Crippen LogP contribution < -0.4 is 16.0 Å². The number of carbonyl (C=O) groups excluding carboxylic acids is 1. The molecule has 4 nitrogen and oxygen atoms in total. The third-order valence-corrected chi connectivity index (χ3v) is 2.84. The van der Waals surface area contributed by atoms with Gasteiger partial charge in [0, 0.05) is 0 Å². The lowest BCUT2D eigenvalue weighted by atomic mass is 9.94. The van der Waals surface area contributed by atoms with Crippen molar-refractivity contribution in [3.8, 4) is 5.75 Å². The monoisotopic (exact) mass is 276 g/mol. The number of ether oxygens (including phenoxy) is 1. The number of halogens is 2. The molecule has 94 valence electrons. The average Bonchev–Trinajstić information content (AvgIpc) is 2.27. The molecule has 1 rings (SSSR count). The molecule has 6 heteroatoms. The summed E-state index contributed by atoms with van der Waals surface area (Å²) in [4.78, 5) is 11.4. The van der Waals surface area contributed by atoms with Gasteiger partial charge in [0.2, 0.25) is 5.91 Å². The predicted octanol–water partition coefficient (Wildman–Crippen LogP) is 2.39. The topological polar surface area (TPSA) is 64.3 Å². The third-order valence-electron chi connectivity index (χ3n) is 2.24. The van der Waals surface area contributed by atoms with Gasteiger partial charge in [-0.25, -0.2) is 5.84 Å². The fraction of sp³-hybridized carbons (Fsp3) is 0.364. The molecule has 0 aliphatic rings. The van der Waals surface area contributed by atoms with E-state index >= 15 is 0 Å². The van der Waals surface area contributed by atoms with Crippen LogP contribution in [0.4, 0.5) is 0 Å². The van der Waals surface area contributed by atoms with Crippen molar-refractivity contribution in [3.05, 3.63) is 28.2 Å². The number of hydrazine groups is 1. The normalized spacial score (nSPS) is 11.1. The first-order valence-electron chi connectivity index (χ1n) is 4.96. The highest BCUT2D eigenvalue weighted by atomic mass is 35.5. The second-order valence-electron chi connectivity index (χ2n) is 4.20. The van der Waals surface area contributed by atoms with E-state index in [-0.39, 0.29) is 12.5 Å². The first-order chi connectivity index (χ1) is 7.88. The summed E-state index contributed by atoms with van der Waals surface area (Å²) in [5, 5.41) is 0.808. The van der Waals surface area contributed by atoms with E-state index in [0.29, 0.717) is 15.8 Å². The zero-order valence-electron chi connectivity index (χ0n) is 9.59. The third kappa shape index (κ3) is 3.49. The van der Waals surface area contributed by atoms with Gasteiger partial charge in [0.25, 0.3) is 0 Å². The molecule has 1 aromatic rings. The highest BCUT2D eigenvalue weighted by Crippen LogP contribution is 2.33. The lowest BCUT2D eigenvalue weighted by Gasteiger charge is -2.23. The van der Waals surface area contributed by atoms with Gasteiger partial charge in [-0.2, -0.15) is 0 Å². The second kappa shape index (κ2) is 5.58. The molecule has 0 aromatic heterocycles. The Labute approximate surface area is 110 Å². The first kappa shape index (κ1) is 14.1. The number of nitrogens with one attached hydrogen (secondary N) is 1. The summed E-state index contributed by atoms with van der Waals surface area (Å²) in [5.74, 6) is 5.13. The van der Waals surface area contributed by atoms with E-state index in [0.717, 1.165) is 0 Å².